The maximum absolute atomic E-state index is 11.9. The molecule has 17 heavy (non-hydrogen) atoms. The lowest BCUT2D eigenvalue weighted by Gasteiger charge is -2.15. The molecule has 1 heterocycles. The van der Waals surface area contributed by atoms with Gasteiger partial charge in [0.2, 0.25) is 5.91 Å². The molecule has 94 valence electrons. The van der Waals surface area contributed by atoms with Crippen molar-refractivity contribution in [3.05, 3.63) is 34.3 Å². The van der Waals surface area contributed by atoms with E-state index in [-0.39, 0.29) is 24.4 Å². The van der Waals surface area contributed by atoms with E-state index in [0.29, 0.717) is 13.0 Å². The quantitative estimate of drug-likeness (QED) is 0.906. The fourth-order valence-electron chi connectivity index (χ4n) is 1.95. The van der Waals surface area contributed by atoms with Crippen LogP contribution in [0.2, 0.25) is 0 Å². The van der Waals surface area contributed by atoms with Gasteiger partial charge in [0.25, 0.3) is 0 Å². The third-order valence-electron chi connectivity index (χ3n) is 2.82. The van der Waals surface area contributed by atoms with Gasteiger partial charge in [0.15, 0.2) is 0 Å². The van der Waals surface area contributed by atoms with Crippen LogP contribution in [0.5, 0.6) is 0 Å². The monoisotopic (exact) mass is 318 g/mol. The molecule has 0 aliphatic carbocycles. The van der Waals surface area contributed by atoms with Crippen LogP contribution < -0.4 is 5.73 Å². The highest BCUT2D eigenvalue weighted by Gasteiger charge is 2.23. The number of benzene rings is 1. The molecule has 0 bridgehead atoms. The van der Waals surface area contributed by atoms with Gasteiger partial charge in [-0.25, -0.2) is 0 Å². The molecule has 1 unspecified atom stereocenters. The number of nitrogens with two attached hydrogens (primary N) is 1. The number of rotatable bonds is 2. The molecule has 1 aromatic rings. The van der Waals surface area contributed by atoms with E-state index >= 15 is 0 Å². The van der Waals surface area contributed by atoms with Crippen LogP contribution in [0.15, 0.2) is 28.7 Å². The highest BCUT2D eigenvalue weighted by Crippen LogP contribution is 2.14. The maximum Gasteiger partial charge on any atom is 0.227 e. The van der Waals surface area contributed by atoms with E-state index in [4.69, 9.17) is 5.73 Å². The Balaban J connectivity index is 0.00000144. The standard InChI is InChI=1S/C12H15BrN2O.ClH/c13-10-3-1-2-9(6-10)7-12(16)15-5-4-11(14)8-15;/h1-3,6,11H,4-5,7-8,14H2;1H. The van der Waals surface area contributed by atoms with Crippen LogP contribution in [0.4, 0.5) is 0 Å². The van der Waals surface area contributed by atoms with Crippen molar-refractivity contribution in [2.45, 2.75) is 18.9 Å². The second kappa shape index (κ2) is 6.38. The number of carbonyl (C=O) groups is 1. The van der Waals surface area contributed by atoms with Gasteiger partial charge in [-0.3, -0.25) is 4.79 Å². The van der Waals surface area contributed by atoms with E-state index in [9.17, 15) is 4.79 Å². The maximum atomic E-state index is 11.9. The van der Waals surface area contributed by atoms with Crippen molar-refractivity contribution in [2.75, 3.05) is 13.1 Å². The SMILES string of the molecule is Cl.NC1CCN(C(=O)Cc2cccc(Br)c2)C1. The van der Waals surface area contributed by atoms with Crippen LogP contribution in [0.25, 0.3) is 0 Å². The number of nitrogens with zero attached hydrogens (tertiary/aromatic N) is 1. The van der Waals surface area contributed by atoms with Crippen molar-refractivity contribution in [2.24, 2.45) is 5.73 Å². The van der Waals surface area contributed by atoms with E-state index in [1.165, 1.54) is 0 Å². The molecule has 2 rings (SSSR count). The average Bonchev–Trinajstić information content (AvgIpc) is 2.65. The molecule has 0 aromatic heterocycles. The zero-order valence-corrected chi connectivity index (χ0v) is 11.8. The Morgan fingerprint density at radius 3 is 2.88 bits per heavy atom. The average molecular weight is 320 g/mol. The number of amides is 1. The van der Waals surface area contributed by atoms with Gasteiger partial charge in [0.05, 0.1) is 6.42 Å². The lowest BCUT2D eigenvalue weighted by molar-refractivity contribution is -0.129. The Hall–Kier alpha value is -0.580. The molecule has 2 N–H and O–H groups in total. The van der Waals surface area contributed by atoms with E-state index in [0.717, 1.165) is 23.0 Å². The van der Waals surface area contributed by atoms with Crippen LogP contribution in [-0.2, 0) is 11.2 Å². The number of halogens is 2. The first kappa shape index (κ1) is 14.5. The summed E-state index contributed by atoms with van der Waals surface area (Å²) in [7, 11) is 0. The van der Waals surface area contributed by atoms with Crippen molar-refractivity contribution in [3.63, 3.8) is 0 Å². The molecule has 1 amide bonds. The van der Waals surface area contributed by atoms with Crippen LogP contribution >= 0.6 is 28.3 Å². The number of hydrogen-bond donors (Lipinski definition) is 1. The van der Waals surface area contributed by atoms with Crippen molar-refractivity contribution >= 4 is 34.2 Å². The molecular weight excluding hydrogens is 304 g/mol. The molecule has 0 saturated carbocycles. The summed E-state index contributed by atoms with van der Waals surface area (Å²) in [5, 5.41) is 0. The topological polar surface area (TPSA) is 46.3 Å². The van der Waals surface area contributed by atoms with Crippen LogP contribution in [0.3, 0.4) is 0 Å². The zero-order chi connectivity index (χ0) is 11.5. The van der Waals surface area contributed by atoms with Crippen molar-refractivity contribution in [1.29, 1.82) is 0 Å². The van der Waals surface area contributed by atoms with Crippen molar-refractivity contribution < 1.29 is 4.79 Å². The lowest BCUT2D eigenvalue weighted by atomic mass is 10.1. The molecule has 0 spiro atoms. The first-order valence-corrected chi connectivity index (χ1v) is 6.22. The fourth-order valence-corrected chi connectivity index (χ4v) is 2.39. The third-order valence-corrected chi connectivity index (χ3v) is 3.32. The number of carbonyl (C=O) groups excluding carboxylic acids is 1. The Morgan fingerprint density at radius 1 is 1.53 bits per heavy atom. The molecule has 3 nitrogen and oxygen atoms in total. The minimum atomic E-state index is 0. The molecule has 1 aliphatic heterocycles. The van der Waals surface area contributed by atoms with Crippen LogP contribution in [0.1, 0.15) is 12.0 Å². The van der Waals surface area contributed by atoms with E-state index in [2.05, 4.69) is 15.9 Å². The summed E-state index contributed by atoms with van der Waals surface area (Å²) in [5.74, 6) is 0.172. The largest absolute Gasteiger partial charge is 0.341 e. The van der Waals surface area contributed by atoms with Crippen molar-refractivity contribution in [1.82, 2.24) is 4.90 Å². The summed E-state index contributed by atoms with van der Waals surface area (Å²) in [6, 6.07) is 8.01. The summed E-state index contributed by atoms with van der Waals surface area (Å²) >= 11 is 3.40. The van der Waals surface area contributed by atoms with Gasteiger partial charge in [-0.05, 0) is 24.1 Å². The Bertz CT molecular complexity index is 400. The molecule has 1 atom stereocenters. The molecule has 5 heteroatoms. The first-order valence-electron chi connectivity index (χ1n) is 5.43. The van der Waals surface area contributed by atoms with Gasteiger partial charge in [0.1, 0.15) is 0 Å². The Morgan fingerprint density at radius 2 is 2.29 bits per heavy atom. The van der Waals surface area contributed by atoms with E-state index < -0.39 is 0 Å². The highest BCUT2D eigenvalue weighted by atomic mass is 79.9. The predicted octanol–water partition coefficient (Wildman–Crippen LogP) is 1.97. The first-order chi connectivity index (χ1) is 7.65. The lowest BCUT2D eigenvalue weighted by Crippen LogP contribution is -2.32. The van der Waals surface area contributed by atoms with E-state index in [1.807, 2.05) is 29.2 Å². The third kappa shape index (κ3) is 3.98. The predicted molar refractivity (Wildman–Crippen MR) is 74.3 cm³/mol. The second-order valence-corrected chi connectivity index (χ2v) is 5.11. The number of hydrogen-bond acceptors (Lipinski definition) is 2. The van der Waals surface area contributed by atoms with Gasteiger partial charge >= 0.3 is 0 Å². The highest BCUT2D eigenvalue weighted by molar-refractivity contribution is 9.10. The number of likely N-dealkylation sites (tertiary alicyclic amines) is 1. The summed E-state index contributed by atoms with van der Waals surface area (Å²) in [6.45, 7) is 1.50. The van der Waals surface area contributed by atoms with Crippen LogP contribution in [0, 0.1) is 0 Å². The van der Waals surface area contributed by atoms with Gasteiger partial charge in [0, 0.05) is 23.6 Å². The summed E-state index contributed by atoms with van der Waals surface area (Å²) in [6.07, 6.45) is 1.39. The minimum absolute atomic E-state index is 0. The van der Waals surface area contributed by atoms with E-state index in [1.54, 1.807) is 0 Å². The summed E-state index contributed by atoms with van der Waals surface area (Å²) in [4.78, 5) is 13.8. The summed E-state index contributed by atoms with van der Waals surface area (Å²) < 4.78 is 1.01. The Kier molecular flexibility index (Phi) is 5.43. The molecule has 1 aliphatic rings. The molecule has 1 saturated heterocycles. The second-order valence-electron chi connectivity index (χ2n) is 4.20. The zero-order valence-electron chi connectivity index (χ0n) is 9.43. The fraction of sp³-hybridized carbons (Fsp3) is 0.417. The smallest absolute Gasteiger partial charge is 0.227 e. The van der Waals surface area contributed by atoms with Gasteiger partial charge in [-0.1, -0.05) is 28.1 Å². The molecular formula is C12H16BrClN2O. The summed E-state index contributed by atoms with van der Waals surface area (Å²) in [5.41, 5.74) is 6.82. The van der Waals surface area contributed by atoms with Crippen LogP contribution in [-0.4, -0.2) is 29.9 Å². The molecule has 1 aromatic carbocycles. The Labute approximate surface area is 116 Å². The van der Waals surface area contributed by atoms with Crippen molar-refractivity contribution in [3.8, 4) is 0 Å². The van der Waals surface area contributed by atoms with Gasteiger partial charge in [-0.15, -0.1) is 12.4 Å². The molecule has 1 fully saturated rings. The normalized spacial score (nSPS) is 18.9. The van der Waals surface area contributed by atoms with Gasteiger partial charge in [-0.2, -0.15) is 0 Å². The molecule has 0 radical (unpaired) electrons. The van der Waals surface area contributed by atoms with Gasteiger partial charge < -0.3 is 10.6 Å². The minimum Gasteiger partial charge on any atom is -0.341 e.